The van der Waals surface area contributed by atoms with E-state index < -0.39 is 0 Å². The lowest BCUT2D eigenvalue weighted by Crippen LogP contribution is -2.09. The Morgan fingerprint density at radius 2 is 1.29 bits per heavy atom. The van der Waals surface area contributed by atoms with Crippen LogP contribution < -0.4 is 0 Å². The molecule has 0 N–H and O–H groups in total. The number of unbranched alkanes of at least 4 members (excludes halogenated alkanes) is 4. The molecule has 0 heterocycles. The minimum absolute atomic E-state index is 0.522. The fourth-order valence-corrected chi connectivity index (χ4v) is 2.42. The molecule has 1 unspecified atom stereocenters. The van der Waals surface area contributed by atoms with Gasteiger partial charge in [-0.3, -0.25) is 0 Å². The van der Waals surface area contributed by atoms with Gasteiger partial charge in [0, 0.05) is 0 Å². The second-order valence-electron chi connectivity index (χ2n) is 6.96. The van der Waals surface area contributed by atoms with Crippen molar-refractivity contribution in [2.45, 2.75) is 98.8 Å². The summed E-state index contributed by atoms with van der Waals surface area (Å²) in [6.07, 6.45) is 14.3. The third-order valence-corrected chi connectivity index (χ3v) is 3.73. The third kappa shape index (κ3) is 12.2. The predicted octanol–water partition coefficient (Wildman–Crippen LogP) is 6.59. The summed E-state index contributed by atoms with van der Waals surface area (Å²) in [7, 11) is 0. The van der Waals surface area contributed by atoms with Gasteiger partial charge in [-0.25, -0.2) is 0 Å². The second kappa shape index (κ2) is 9.97. The fourth-order valence-electron chi connectivity index (χ4n) is 2.42. The highest BCUT2D eigenvalue weighted by Gasteiger charge is 2.14. The smallest absolute Gasteiger partial charge is 0.0383 e. The zero-order valence-corrected chi connectivity index (χ0v) is 13.1. The van der Waals surface area contributed by atoms with Gasteiger partial charge in [-0.15, -0.1) is 0 Å². The highest BCUT2D eigenvalue weighted by atomic mass is 14.2. The minimum atomic E-state index is 0.522. The van der Waals surface area contributed by atoms with Gasteiger partial charge in [-0.05, 0) is 24.2 Å². The van der Waals surface area contributed by atoms with Crippen LogP contribution in [0.5, 0.6) is 0 Å². The van der Waals surface area contributed by atoms with Gasteiger partial charge in [0.25, 0.3) is 0 Å². The molecule has 0 amide bonds. The molecule has 0 nitrogen and oxygen atoms in total. The molecule has 1 atom stereocenters. The maximum Gasteiger partial charge on any atom is -0.0383 e. The van der Waals surface area contributed by atoms with Crippen molar-refractivity contribution < 1.29 is 0 Å². The molecule has 0 saturated heterocycles. The van der Waals surface area contributed by atoms with E-state index in [1.54, 1.807) is 0 Å². The molecule has 0 aliphatic carbocycles. The van der Waals surface area contributed by atoms with Gasteiger partial charge in [-0.1, -0.05) is 86.0 Å². The second-order valence-corrected chi connectivity index (χ2v) is 6.96. The molecule has 0 fully saturated rings. The first-order valence-electron chi connectivity index (χ1n) is 7.99. The monoisotopic (exact) mass is 240 g/mol. The summed E-state index contributed by atoms with van der Waals surface area (Å²) in [5.74, 6) is 1.01. The van der Waals surface area contributed by atoms with Crippen molar-refractivity contribution in [3.63, 3.8) is 0 Å². The Hall–Kier alpha value is 0. The van der Waals surface area contributed by atoms with Crippen molar-refractivity contribution in [2.75, 3.05) is 0 Å². The highest BCUT2D eigenvalue weighted by Crippen LogP contribution is 2.28. The van der Waals surface area contributed by atoms with Crippen LogP contribution in [0.4, 0.5) is 0 Å². The number of hydrogen-bond acceptors (Lipinski definition) is 0. The molecule has 0 rings (SSSR count). The van der Waals surface area contributed by atoms with Gasteiger partial charge in [0.2, 0.25) is 0 Å². The summed E-state index contributed by atoms with van der Waals surface area (Å²) in [5.41, 5.74) is 0.522. The Morgan fingerprint density at radius 3 is 1.82 bits per heavy atom. The molecule has 0 heteroatoms. The Labute approximate surface area is 111 Å². The van der Waals surface area contributed by atoms with E-state index in [1.807, 2.05) is 0 Å². The first-order chi connectivity index (χ1) is 7.99. The standard InChI is InChI=1S/C17H36/c1-6-8-10-11-13-16(12-9-7-2)14-15-17(3,4)5/h16H,6-15H2,1-5H3. The van der Waals surface area contributed by atoms with Gasteiger partial charge < -0.3 is 0 Å². The molecule has 0 bridgehead atoms. The van der Waals surface area contributed by atoms with Crippen LogP contribution in [0, 0.1) is 11.3 Å². The van der Waals surface area contributed by atoms with Gasteiger partial charge >= 0.3 is 0 Å². The molecule has 0 radical (unpaired) electrons. The molecule has 17 heavy (non-hydrogen) atoms. The average molecular weight is 240 g/mol. The fraction of sp³-hybridized carbons (Fsp3) is 1.00. The van der Waals surface area contributed by atoms with Gasteiger partial charge in [0.1, 0.15) is 0 Å². The maximum atomic E-state index is 2.38. The van der Waals surface area contributed by atoms with Crippen LogP contribution in [0.15, 0.2) is 0 Å². The normalized spacial score (nSPS) is 13.9. The van der Waals surface area contributed by atoms with E-state index in [4.69, 9.17) is 0 Å². The van der Waals surface area contributed by atoms with Crippen LogP contribution >= 0.6 is 0 Å². The molecule has 0 spiro atoms. The zero-order chi connectivity index (χ0) is 13.1. The van der Waals surface area contributed by atoms with E-state index in [1.165, 1.54) is 64.2 Å². The summed E-state index contributed by atoms with van der Waals surface area (Å²) < 4.78 is 0. The van der Waals surface area contributed by atoms with Crippen molar-refractivity contribution in [1.29, 1.82) is 0 Å². The summed E-state index contributed by atoms with van der Waals surface area (Å²) >= 11 is 0. The Bertz CT molecular complexity index is 152. The third-order valence-electron chi connectivity index (χ3n) is 3.73. The summed E-state index contributed by atoms with van der Waals surface area (Å²) in [5, 5.41) is 0. The zero-order valence-electron chi connectivity index (χ0n) is 13.1. The molecule has 0 aromatic carbocycles. The summed E-state index contributed by atoms with van der Waals surface area (Å²) in [6, 6.07) is 0. The molecular weight excluding hydrogens is 204 g/mol. The Kier molecular flexibility index (Phi) is 9.97. The van der Waals surface area contributed by atoms with E-state index in [0.717, 1.165) is 5.92 Å². The average Bonchev–Trinajstić information content (AvgIpc) is 2.25. The number of rotatable bonds is 10. The number of hydrogen-bond donors (Lipinski definition) is 0. The lowest BCUT2D eigenvalue weighted by molar-refractivity contribution is 0.295. The van der Waals surface area contributed by atoms with Gasteiger partial charge in [0.05, 0.1) is 0 Å². The lowest BCUT2D eigenvalue weighted by atomic mass is 9.83. The molecule has 0 aromatic heterocycles. The quantitative estimate of drug-likeness (QED) is 0.378. The molecule has 0 saturated carbocycles. The first kappa shape index (κ1) is 17.0. The SMILES string of the molecule is CCCCCCC(CCCC)CCC(C)(C)C. The van der Waals surface area contributed by atoms with Gasteiger partial charge in [-0.2, -0.15) is 0 Å². The van der Waals surface area contributed by atoms with Crippen molar-refractivity contribution >= 4 is 0 Å². The highest BCUT2D eigenvalue weighted by molar-refractivity contribution is 4.67. The van der Waals surface area contributed by atoms with E-state index in [9.17, 15) is 0 Å². The maximum absolute atomic E-state index is 2.38. The Balaban J connectivity index is 3.79. The summed E-state index contributed by atoms with van der Waals surface area (Å²) in [6.45, 7) is 11.7. The van der Waals surface area contributed by atoms with E-state index in [2.05, 4.69) is 34.6 Å². The molecule has 0 aromatic rings. The van der Waals surface area contributed by atoms with Crippen LogP contribution in [0.1, 0.15) is 98.8 Å². The van der Waals surface area contributed by atoms with E-state index >= 15 is 0 Å². The van der Waals surface area contributed by atoms with Crippen molar-refractivity contribution in [1.82, 2.24) is 0 Å². The lowest BCUT2D eigenvalue weighted by Gasteiger charge is -2.23. The van der Waals surface area contributed by atoms with Crippen molar-refractivity contribution in [3.05, 3.63) is 0 Å². The Morgan fingerprint density at radius 1 is 0.706 bits per heavy atom. The van der Waals surface area contributed by atoms with E-state index in [0.29, 0.717) is 5.41 Å². The van der Waals surface area contributed by atoms with Crippen LogP contribution in [-0.2, 0) is 0 Å². The topological polar surface area (TPSA) is 0 Å². The predicted molar refractivity (Wildman–Crippen MR) is 80.5 cm³/mol. The van der Waals surface area contributed by atoms with Crippen LogP contribution in [0.25, 0.3) is 0 Å². The van der Waals surface area contributed by atoms with Crippen LogP contribution in [-0.4, -0.2) is 0 Å². The largest absolute Gasteiger partial charge is 0.0654 e. The van der Waals surface area contributed by atoms with Crippen LogP contribution in [0.2, 0.25) is 0 Å². The minimum Gasteiger partial charge on any atom is -0.0654 e. The van der Waals surface area contributed by atoms with Gasteiger partial charge in [0.15, 0.2) is 0 Å². The molecular formula is C17H36. The molecule has 0 aliphatic rings. The summed E-state index contributed by atoms with van der Waals surface area (Å²) in [4.78, 5) is 0. The first-order valence-corrected chi connectivity index (χ1v) is 7.99. The molecule has 0 aliphatic heterocycles. The van der Waals surface area contributed by atoms with Crippen molar-refractivity contribution in [2.24, 2.45) is 11.3 Å². The van der Waals surface area contributed by atoms with E-state index in [-0.39, 0.29) is 0 Å². The molecule has 104 valence electrons. The van der Waals surface area contributed by atoms with Crippen LogP contribution in [0.3, 0.4) is 0 Å². The van der Waals surface area contributed by atoms with Crippen molar-refractivity contribution in [3.8, 4) is 0 Å².